The Kier molecular flexibility index (Phi) is 3.66. The average molecular weight is 192 g/mol. The topological polar surface area (TPSA) is 53.6 Å². The number of hydrogen-bond acceptors (Lipinski definition) is 3. The predicted octanol–water partition coefficient (Wildman–Crippen LogP) is 1.16. The second-order valence-electron chi connectivity index (χ2n) is 3.49. The number of hydrogen-bond donors (Lipinski definition) is 1. The standard InChI is InChI=1S/C10H16N4/c1-3-12-10(2,9-11)5-8-14-7-4-6-13-14/h4,6-7,12H,3,5,8H2,1-2H3. The van der Waals surface area contributed by atoms with Gasteiger partial charge in [0.15, 0.2) is 0 Å². The zero-order valence-electron chi connectivity index (χ0n) is 8.70. The van der Waals surface area contributed by atoms with Crippen molar-refractivity contribution in [2.75, 3.05) is 6.54 Å². The van der Waals surface area contributed by atoms with Crippen LogP contribution in [0.15, 0.2) is 18.5 Å². The molecule has 14 heavy (non-hydrogen) atoms. The molecule has 0 aliphatic rings. The first kappa shape index (κ1) is 10.7. The SMILES string of the molecule is CCNC(C)(C#N)CCn1cccn1. The van der Waals surface area contributed by atoms with Gasteiger partial charge in [-0.2, -0.15) is 10.4 Å². The fourth-order valence-corrected chi connectivity index (χ4v) is 1.34. The van der Waals surface area contributed by atoms with Crippen molar-refractivity contribution in [3.05, 3.63) is 18.5 Å². The van der Waals surface area contributed by atoms with Gasteiger partial charge < -0.3 is 0 Å². The highest BCUT2D eigenvalue weighted by molar-refractivity contribution is 5.03. The van der Waals surface area contributed by atoms with Crippen molar-refractivity contribution >= 4 is 0 Å². The average Bonchev–Trinajstić information content (AvgIpc) is 2.68. The summed E-state index contributed by atoms with van der Waals surface area (Å²) < 4.78 is 1.84. The van der Waals surface area contributed by atoms with E-state index >= 15 is 0 Å². The minimum absolute atomic E-state index is 0.444. The second-order valence-corrected chi connectivity index (χ2v) is 3.49. The molecule has 1 aromatic rings. The third-order valence-electron chi connectivity index (χ3n) is 2.21. The van der Waals surface area contributed by atoms with Crippen molar-refractivity contribution in [1.29, 1.82) is 5.26 Å². The van der Waals surface area contributed by atoms with E-state index in [-0.39, 0.29) is 0 Å². The molecule has 1 aromatic heterocycles. The van der Waals surface area contributed by atoms with Gasteiger partial charge in [0.25, 0.3) is 0 Å². The summed E-state index contributed by atoms with van der Waals surface area (Å²) in [5.74, 6) is 0. The normalized spacial score (nSPS) is 14.6. The molecule has 0 aromatic carbocycles. The second kappa shape index (κ2) is 4.77. The van der Waals surface area contributed by atoms with Crippen LogP contribution < -0.4 is 5.32 Å². The Morgan fingerprint density at radius 1 is 1.64 bits per heavy atom. The van der Waals surface area contributed by atoms with Crippen LogP contribution >= 0.6 is 0 Å². The van der Waals surface area contributed by atoms with Gasteiger partial charge in [0.2, 0.25) is 0 Å². The molecule has 4 heteroatoms. The molecule has 1 rings (SSSR count). The van der Waals surface area contributed by atoms with Gasteiger partial charge in [-0.25, -0.2) is 0 Å². The van der Waals surface area contributed by atoms with Gasteiger partial charge in [0.1, 0.15) is 5.54 Å². The molecule has 0 saturated heterocycles. The summed E-state index contributed by atoms with van der Waals surface area (Å²) in [5.41, 5.74) is -0.444. The lowest BCUT2D eigenvalue weighted by Crippen LogP contribution is -2.41. The zero-order valence-corrected chi connectivity index (χ0v) is 8.70. The maximum absolute atomic E-state index is 9.00. The summed E-state index contributed by atoms with van der Waals surface area (Å²) in [5, 5.41) is 16.3. The van der Waals surface area contributed by atoms with Crippen LogP contribution in [0.4, 0.5) is 0 Å². The zero-order chi connectivity index (χ0) is 10.4. The highest BCUT2D eigenvalue weighted by atomic mass is 15.3. The van der Waals surface area contributed by atoms with Gasteiger partial charge in [-0.3, -0.25) is 10.00 Å². The summed E-state index contributed by atoms with van der Waals surface area (Å²) in [6, 6.07) is 4.18. The van der Waals surface area contributed by atoms with E-state index in [1.807, 2.05) is 30.8 Å². The first-order valence-electron chi connectivity index (χ1n) is 4.84. The fraction of sp³-hybridized carbons (Fsp3) is 0.600. The number of nitrogens with one attached hydrogen (secondary N) is 1. The first-order chi connectivity index (χ1) is 6.70. The molecular weight excluding hydrogens is 176 g/mol. The molecule has 76 valence electrons. The molecule has 1 N–H and O–H groups in total. The van der Waals surface area contributed by atoms with Crippen LogP contribution in [0.5, 0.6) is 0 Å². The Morgan fingerprint density at radius 2 is 2.43 bits per heavy atom. The van der Waals surface area contributed by atoms with Crippen LogP contribution in [0.25, 0.3) is 0 Å². The quantitative estimate of drug-likeness (QED) is 0.761. The Balaban J connectivity index is 2.46. The van der Waals surface area contributed by atoms with E-state index in [4.69, 9.17) is 5.26 Å². The number of nitrogens with zero attached hydrogens (tertiary/aromatic N) is 3. The molecule has 0 bridgehead atoms. The smallest absolute Gasteiger partial charge is 0.105 e. The molecule has 1 heterocycles. The predicted molar refractivity (Wildman–Crippen MR) is 54.5 cm³/mol. The Labute approximate surface area is 84.5 Å². The third-order valence-corrected chi connectivity index (χ3v) is 2.21. The summed E-state index contributed by atoms with van der Waals surface area (Å²) in [7, 11) is 0. The number of nitriles is 1. The Morgan fingerprint density at radius 3 is 2.93 bits per heavy atom. The Bertz CT molecular complexity index is 298. The van der Waals surface area contributed by atoms with Crippen molar-refractivity contribution in [3.63, 3.8) is 0 Å². The molecule has 0 amide bonds. The van der Waals surface area contributed by atoms with E-state index < -0.39 is 5.54 Å². The van der Waals surface area contributed by atoms with E-state index in [1.165, 1.54) is 0 Å². The molecular formula is C10H16N4. The van der Waals surface area contributed by atoms with Crippen LogP contribution in [0, 0.1) is 11.3 Å². The number of aryl methyl sites for hydroxylation is 1. The number of aromatic nitrogens is 2. The third kappa shape index (κ3) is 2.86. The highest BCUT2D eigenvalue weighted by Crippen LogP contribution is 2.09. The molecule has 0 aliphatic carbocycles. The summed E-state index contributed by atoms with van der Waals surface area (Å²) in [6.45, 7) is 5.50. The molecule has 0 radical (unpaired) electrons. The largest absolute Gasteiger partial charge is 0.300 e. The minimum atomic E-state index is -0.444. The van der Waals surface area contributed by atoms with Crippen LogP contribution in [-0.4, -0.2) is 21.9 Å². The molecule has 1 unspecified atom stereocenters. The molecule has 0 spiro atoms. The van der Waals surface area contributed by atoms with E-state index in [9.17, 15) is 0 Å². The van der Waals surface area contributed by atoms with Gasteiger partial charge in [-0.15, -0.1) is 0 Å². The maximum atomic E-state index is 9.00. The van der Waals surface area contributed by atoms with Crippen molar-refractivity contribution < 1.29 is 0 Å². The fourth-order valence-electron chi connectivity index (χ4n) is 1.34. The lowest BCUT2D eigenvalue weighted by atomic mass is 10.00. The van der Waals surface area contributed by atoms with Crippen LogP contribution in [0.3, 0.4) is 0 Å². The Hall–Kier alpha value is -1.34. The van der Waals surface area contributed by atoms with Gasteiger partial charge in [-0.1, -0.05) is 6.92 Å². The molecule has 0 saturated carbocycles. The van der Waals surface area contributed by atoms with Crippen LogP contribution in [0.2, 0.25) is 0 Å². The van der Waals surface area contributed by atoms with Crippen molar-refractivity contribution in [1.82, 2.24) is 15.1 Å². The first-order valence-corrected chi connectivity index (χ1v) is 4.84. The molecule has 0 aliphatic heterocycles. The lowest BCUT2D eigenvalue weighted by molar-refractivity contribution is 0.390. The molecule has 1 atom stereocenters. The summed E-state index contributed by atoms with van der Waals surface area (Å²) >= 11 is 0. The van der Waals surface area contributed by atoms with Gasteiger partial charge in [-0.05, 0) is 26.0 Å². The lowest BCUT2D eigenvalue weighted by Gasteiger charge is -2.22. The van der Waals surface area contributed by atoms with Gasteiger partial charge >= 0.3 is 0 Å². The van der Waals surface area contributed by atoms with Crippen molar-refractivity contribution in [2.45, 2.75) is 32.4 Å². The minimum Gasteiger partial charge on any atom is -0.300 e. The van der Waals surface area contributed by atoms with E-state index in [2.05, 4.69) is 16.5 Å². The maximum Gasteiger partial charge on any atom is 0.105 e. The summed E-state index contributed by atoms with van der Waals surface area (Å²) in [6.07, 6.45) is 4.42. The van der Waals surface area contributed by atoms with E-state index in [1.54, 1.807) is 6.20 Å². The van der Waals surface area contributed by atoms with Gasteiger partial charge in [0.05, 0.1) is 6.07 Å². The van der Waals surface area contributed by atoms with Crippen LogP contribution in [-0.2, 0) is 6.54 Å². The van der Waals surface area contributed by atoms with Crippen molar-refractivity contribution in [3.8, 4) is 6.07 Å². The monoisotopic (exact) mass is 192 g/mol. The highest BCUT2D eigenvalue weighted by Gasteiger charge is 2.21. The van der Waals surface area contributed by atoms with Gasteiger partial charge in [0, 0.05) is 18.9 Å². The molecule has 0 fully saturated rings. The molecule has 4 nitrogen and oxygen atoms in total. The van der Waals surface area contributed by atoms with Crippen molar-refractivity contribution in [2.24, 2.45) is 0 Å². The van der Waals surface area contributed by atoms with Crippen LogP contribution in [0.1, 0.15) is 20.3 Å². The van der Waals surface area contributed by atoms with E-state index in [0.717, 1.165) is 19.5 Å². The number of rotatable bonds is 5. The van der Waals surface area contributed by atoms with E-state index in [0.29, 0.717) is 0 Å². The summed E-state index contributed by atoms with van der Waals surface area (Å²) in [4.78, 5) is 0.